The van der Waals surface area contributed by atoms with Crippen LogP contribution in [0.2, 0.25) is 0 Å². The molecule has 2 aliphatic heterocycles. The van der Waals surface area contributed by atoms with Crippen LogP contribution in [-0.4, -0.2) is 34.8 Å². The van der Waals surface area contributed by atoms with Crippen molar-refractivity contribution in [3.8, 4) is 11.5 Å². The predicted octanol–water partition coefficient (Wildman–Crippen LogP) is 3.77. The molecule has 26 heavy (non-hydrogen) atoms. The highest BCUT2D eigenvalue weighted by Crippen LogP contribution is 2.38. The van der Waals surface area contributed by atoms with Gasteiger partial charge in [0.05, 0.1) is 19.8 Å². The second-order valence-electron chi connectivity index (χ2n) is 7.59. The van der Waals surface area contributed by atoms with Crippen LogP contribution in [0.3, 0.4) is 0 Å². The first kappa shape index (κ1) is 17.3. The molecule has 140 valence electrons. The van der Waals surface area contributed by atoms with Crippen molar-refractivity contribution in [1.29, 1.82) is 0 Å². The maximum absolute atomic E-state index is 5.86. The number of likely N-dealkylation sites (tertiary alicyclic amines) is 1. The number of benzene rings is 1. The van der Waals surface area contributed by atoms with E-state index in [1.54, 1.807) is 0 Å². The molecular weight excluding hydrogens is 330 g/mol. The van der Waals surface area contributed by atoms with Gasteiger partial charge in [0.15, 0.2) is 17.3 Å². The van der Waals surface area contributed by atoms with Crippen LogP contribution in [-0.2, 0) is 13.0 Å². The van der Waals surface area contributed by atoms with E-state index in [4.69, 9.17) is 14.0 Å². The van der Waals surface area contributed by atoms with E-state index in [2.05, 4.69) is 41.0 Å². The molecule has 2 aliphatic rings. The predicted molar refractivity (Wildman–Crippen MR) is 97.3 cm³/mol. The van der Waals surface area contributed by atoms with Crippen LogP contribution >= 0.6 is 0 Å². The number of hydrogen-bond acceptors (Lipinski definition) is 6. The highest BCUT2D eigenvalue weighted by atomic mass is 16.5. The molecular formula is C20H27N3O3. The zero-order valence-corrected chi connectivity index (χ0v) is 15.6. The monoisotopic (exact) mass is 357 g/mol. The number of rotatable bonds is 5. The van der Waals surface area contributed by atoms with E-state index in [0.29, 0.717) is 31.0 Å². The molecule has 4 rings (SSSR count). The van der Waals surface area contributed by atoms with Gasteiger partial charge in [-0.1, -0.05) is 25.1 Å². The van der Waals surface area contributed by atoms with Crippen LogP contribution in [0, 0.1) is 5.92 Å². The SMILES string of the molecule is CC(C)Cc1noc(CN2CCCC2c2ccc3c(c2)OCCCO3)n1. The van der Waals surface area contributed by atoms with Crippen molar-refractivity contribution in [2.45, 2.75) is 52.1 Å². The van der Waals surface area contributed by atoms with Crippen molar-refractivity contribution in [2.24, 2.45) is 5.92 Å². The Morgan fingerprint density at radius 1 is 1.15 bits per heavy atom. The third-order valence-electron chi connectivity index (χ3n) is 4.96. The molecule has 3 heterocycles. The molecule has 2 aromatic rings. The quantitative estimate of drug-likeness (QED) is 0.812. The summed E-state index contributed by atoms with van der Waals surface area (Å²) in [6, 6.07) is 6.70. The molecule has 0 amide bonds. The van der Waals surface area contributed by atoms with Gasteiger partial charge in [0.1, 0.15) is 0 Å². The summed E-state index contributed by atoms with van der Waals surface area (Å²) in [5.41, 5.74) is 1.27. The molecule has 1 atom stereocenters. The summed E-state index contributed by atoms with van der Waals surface area (Å²) >= 11 is 0. The number of aromatic nitrogens is 2. The lowest BCUT2D eigenvalue weighted by atomic mass is 10.0. The van der Waals surface area contributed by atoms with E-state index in [1.807, 2.05) is 6.07 Å². The Kier molecular flexibility index (Phi) is 5.11. The van der Waals surface area contributed by atoms with Crippen molar-refractivity contribution < 1.29 is 14.0 Å². The van der Waals surface area contributed by atoms with Crippen molar-refractivity contribution >= 4 is 0 Å². The van der Waals surface area contributed by atoms with Crippen molar-refractivity contribution in [3.05, 3.63) is 35.5 Å². The molecule has 6 heteroatoms. The Hall–Kier alpha value is -2.08. The molecule has 0 spiro atoms. The molecule has 0 saturated carbocycles. The minimum Gasteiger partial charge on any atom is -0.490 e. The summed E-state index contributed by atoms with van der Waals surface area (Å²) in [5, 5.41) is 4.11. The van der Waals surface area contributed by atoms with Crippen molar-refractivity contribution in [3.63, 3.8) is 0 Å². The van der Waals surface area contributed by atoms with Gasteiger partial charge < -0.3 is 14.0 Å². The minimum atomic E-state index is 0.354. The van der Waals surface area contributed by atoms with E-state index < -0.39 is 0 Å². The second-order valence-corrected chi connectivity index (χ2v) is 7.59. The van der Waals surface area contributed by atoms with Crippen LogP contribution in [0.4, 0.5) is 0 Å². The van der Waals surface area contributed by atoms with E-state index in [9.17, 15) is 0 Å². The highest BCUT2D eigenvalue weighted by Gasteiger charge is 2.28. The lowest BCUT2D eigenvalue weighted by Gasteiger charge is -2.23. The summed E-state index contributed by atoms with van der Waals surface area (Å²) in [4.78, 5) is 6.98. The number of nitrogens with zero attached hydrogens (tertiary/aromatic N) is 3. The minimum absolute atomic E-state index is 0.354. The molecule has 0 N–H and O–H groups in total. The van der Waals surface area contributed by atoms with Gasteiger partial charge in [-0.15, -0.1) is 0 Å². The summed E-state index contributed by atoms with van der Waals surface area (Å²) in [6.45, 7) is 7.50. The first-order chi connectivity index (χ1) is 12.7. The third kappa shape index (κ3) is 3.85. The van der Waals surface area contributed by atoms with Gasteiger partial charge in [0.2, 0.25) is 5.89 Å². The van der Waals surface area contributed by atoms with Gasteiger partial charge in [-0.3, -0.25) is 4.90 Å². The Bertz CT molecular complexity index is 744. The average Bonchev–Trinajstić information content (AvgIpc) is 3.18. The fourth-order valence-corrected chi connectivity index (χ4v) is 3.76. The fraction of sp³-hybridized carbons (Fsp3) is 0.600. The summed E-state index contributed by atoms with van der Waals surface area (Å²) in [7, 11) is 0. The zero-order valence-electron chi connectivity index (χ0n) is 15.6. The van der Waals surface area contributed by atoms with Crippen LogP contribution in [0.5, 0.6) is 11.5 Å². The number of hydrogen-bond donors (Lipinski definition) is 0. The molecule has 1 unspecified atom stereocenters. The molecule has 0 radical (unpaired) electrons. The smallest absolute Gasteiger partial charge is 0.240 e. The molecule has 6 nitrogen and oxygen atoms in total. The van der Waals surface area contributed by atoms with Crippen LogP contribution < -0.4 is 9.47 Å². The van der Waals surface area contributed by atoms with Gasteiger partial charge in [-0.25, -0.2) is 0 Å². The largest absolute Gasteiger partial charge is 0.490 e. The summed E-state index contributed by atoms with van der Waals surface area (Å²) in [6.07, 6.45) is 4.09. The third-order valence-corrected chi connectivity index (χ3v) is 4.96. The zero-order chi connectivity index (χ0) is 17.9. The standard InChI is InChI=1S/C20H27N3O3/c1-14(2)11-19-21-20(26-22-19)13-23-8-3-5-16(23)15-6-7-17-18(12-15)25-10-4-9-24-17/h6-7,12,14,16H,3-5,8-11,13H2,1-2H3. The lowest BCUT2D eigenvalue weighted by molar-refractivity contribution is 0.211. The number of fused-ring (bicyclic) bond motifs is 1. The van der Waals surface area contributed by atoms with Gasteiger partial charge >= 0.3 is 0 Å². The Morgan fingerprint density at radius 3 is 2.85 bits per heavy atom. The van der Waals surface area contributed by atoms with Gasteiger partial charge in [0.25, 0.3) is 0 Å². The first-order valence-corrected chi connectivity index (χ1v) is 9.64. The topological polar surface area (TPSA) is 60.6 Å². The molecule has 1 aromatic carbocycles. The molecule has 0 bridgehead atoms. The number of ether oxygens (including phenoxy) is 2. The Labute approximate surface area is 154 Å². The lowest BCUT2D eigenvalue weighted by Crippen LogP contribution is -2.23. The van der Waals surface area contributed by atoms with Gasteiger partial charge in [0, 0.05) is 18.9 Å². The first-order valence-electron chi connectivity index (χ1n) is 9.64. The van der Waals surface area contributed by atoms with Gasteiger partial charge in [-0.05, 0) is 43.0 Å². The van der Waals surface area contributed by atoms with Crippen molar-refractivity contribution in [2.75, 3.05) is 19.8 Å². The molecule has 1 fully saturated rings. The van der Waals surface area contributed by atoms with E-state index >= 15 is 0 Å². The molecule has 1 saturated heterocycles. The maximum atomic E-state index is 5.86. The Morgan fingerprint density at radius 2 is 2.00 bits per heavy atom. The van der Waals surface area contributed by atoms with E-state index in [-0.39, 0.29) is 0 Å². The average molecular weight is 357 g/mol. The Balaban J connectivity index is 1.48. The second kappa shape index (κ2) is 7.66. The molecule has 0 aliphatic carbocycles. The van der Waals surface area contributed by atoms with Gasteiger partial charge in [-0.2, -0.15) is 4.98 Å². The van der Waals surface area contributed by atoms with E-state index in [0.717, 1.165) is 49.7 Å². The summed E-state index contributed by atoms with van der Waals surface area (Å²) < 4.78 is 17.1. The van der Waals surface area contributed by atoms with E-state index in [1.165, 1.54) is 12.0 Å². The highest BCUT2D eigenvalue weighted by molar-refractivity contribution is 5.44. The summed E-state index contributed by atoms with van der Waals surface area (Å²) in [5.74, 6) is 3.76. The van der Waals surface area contributed by atoms with Crippen LogP contribution in [0.25, 0.3) is 0 Å². The van der Waals surface area contributed by atoms with Crippen LogP contribution in [0.15, 0.2) is 22.7 Å². The maximum Gasteiger partial charge on any atom is 0.240 e. The normalized spacial score (nSPS) is 20.5. The molecule has 1 aromatic heterocycles. The fourth-order valence-electron chi connectivity index (χ4n) is 3.76. The van der Waals surface area contributed by atoms with Crippen molar-refractivity contribution in [1.82, 2.24) is 15.0 Å². The van der Waals surface area contributed by atoms with Crippen LogP contribution in [0.1, 0.15) is 56.4 Å².